The topological polar surface area (TPSA) is 91.6 Å². The molecule has 3 N–H and O–H groups in total. The minimum atomic E-state index is -0.748. The lowest BCUT2D eigenvalue weighted by atomic mass is 10.2. The molecule has 1 aromatic rings. The van der Waals surface area contributed by atoms with E-state index in [1.54, 1.807) is 0 Å². The maximum atomic E-state index is 11.4. The number of pyridine rings is 1. The van der Waals surface area contributed by atoms with Crippen molar-refractivity contribution in [2.75, 3.05) is 7.05 Å². The highest BCUT2D eigenvalue weighted by molar-refractivity contribution is 5.96. The quantitative estimate of drug-likeness (QED) is 0.548. The molecule has 0 aliphatic heterocycles. The van der Waals surface area contributed by atoms with Crippen LogP contribution in [0, 0.1) is 0 Å². The summed E-state index contributed by atoms with van der Waals surface area (Å²) < 4.78 is 0.865. The zero-order valence-electron chi connectivity index (χ0n) is 7.74. The summed E-state index contributed by atoms with van der Waals surface area (Å²) in [6.45, 7) is 0. The van der Waals surface area contributed by atoms with Crippen LogP contribution in [0.5, 0.6) is 11.6 Å². The van der Waals surface area contributed by atoms with E-state index in [0.717, 1.165) is 10.6 Å². The monoisotopic (exact) mass is 198 g/mol. The molecule has 0 spiro atoms. The summed E-state index contributed by atoms with van der Waals surface area (Å²) >= 11 is 0. The molecule has 0 aromatic carbocycles. The van der Waals surface area contributed by atoms with Gasteiger partial charge in [0.1, 0.15) is 11.3 Å². The Balaban J connectivity index is 3.52. The maximum Gasteiger partial charge on any atom is 0.269 e. The number of aromatic nitrogens is 1. The Morgan fingerprint density at radius 3 is 2.57 bits per heavy atom. The Morgan fingerprint density at radius 1 is 1.50 bits per heavy atom. The average Bonchev–Trinajstić information content (AvgIpc) is 2.14. The van der Waals surface area contributed by atoms with Crippen molar-refractivity contribution in [2.45, 2.75) is 0 Å². The van der Waals surface area contributed by atoms with Crippen molar-refractivity contribution in [3.8, 4) is 11.6 Å². The summed E-state index contributed by atoms with van der Waals surface area (Å²) in [6, 6.07) is 0.936. The first kappa shape index (κ1) is 10.1. The molecule has 0 radical (unpaired) electrons. The van der Waals surface area contributed by atoms with E-state index in [-0.39, 0.29) is 5.56 Å². The first-order valence-electron chi connectivity index (χ1n) is 3.83. The maximum absolute atomic E-state index is 11.4. The molecule has 0 fully saturated rings. The lowest BCUT2D eigenvalue weighted by Gasteiger charge is -2.06. The molecule has 14 heavy (non-hydrogen) atoms. The van der Waals surface area contributed by atoms with E-state index < -0.39 is 23.1 Å². The van der Waals surface area contributed by atoms with Gasteiger partial charge in [-0.2, -0.15) is 0 Å². The van der Waals surface area contributed by atoms with Gasteiger partial charge in [0.25, 0.3) is 11.5 Å². The summed E-state index contributed by atoms with van der Waals surface area (Å²) in [6.07, 6.45) is 0. The van der Waals surface area contributed by atoms with Crippen LogP contribution in [0.1, 0.15) is 10.4 Å². The van der Waals surface area contributed by atoms with Crippen molar-refractivity contribution < 1.29 is 15.0 Å². The van der Waals surface area contributed by atoms with E-state index in [9.17, 15) is 14.7 Å². The van der Waals surface area contributed by atoms with E-state index in [4.69, 9.17) is 5.11 Å². The number of carbonyl (C=O) groups is 1. The molecule has 0 bridgehead atoms. The lowest BCUT2D eigenvalue weighted by Crippen LogP contribution is -2.30. The third kappa shape index (κ3) is 1.41. The summed E-state index contributed by atoms with van der Waals surface area (Å²) in [7, 11) is 2.64. The second kappa shape index (κ2) is 3.41. The van der Waals surface area contributed by atoms with Crippen LogP contribution in [0.3, 0.4) is 0 Å². The Bertz CT molecular complexity index is 436. The molecular weight excluding hydrogens is 188 g/mol. The summed E-state index contributed by atoms with van der Waals surface area (Å²) in [5.74, 6) is -1.63. The van der Waals surface area contributed by atoms with Gasteiger partial charge in [-0.25, -0.2) is 0 Å². The molecule has 0 saturated carbocycles. The molecule has 1 aromatic heterocycles. The minimum Gasteiger partial charge on any atom is -0.507 e. The van der Waals surface area contributed by atoms with Crippen LogP contribution in [0.15, 0.2) is 10.9 Å². The van der Waals surface area contributed by atoms with Gasteiger partial charge >= 0.3 is 0 Å². The third-order valence-corrected chi connectivity index (χ3v) is 1.84. The molecule has 1 heterocycles. The van der Waals surface area contributed by atoms with Gasteiger partial charge in [-0.15, -0.1) is 0 Å². The molecule has 6 nitrogen and oxygen atoms in total. The molecule has 6 heteroatoms. The third-order valence-electron chi connectivity index (χ3n) is 1.84. The van der Waals surface area contributed by atoms with Gasteiger partial charge in [-0.1, -0.05) is 0 Å². The van der Waals surface area contributed by atoms with Crippen LogP contribution in [-0.4, -0.2) is 27.7 Å². The van der Waals surface area contributed by atoms with Crippen LogP contribution in [0.2, 0.25) is 0 Å². The SMILES string of the molecule is CNC(=O)c1c(O)cc(O)n(C)c1=O. The number of hydrogen-bond acceptors (Lipinski definition) is 4. The van der Waals surface area contributed by atoms with Crippen molar-refractivity contribution in [3.63, 3.8) is 0 Å². The number of aromatic hydroxyl groups is 2. The Hall–Kier alpha value is -1.98. The smallest absolute Gasteiger partial charge is 0.269 e. The molecule has 0 unspecified atom stereocenters. The van der Waals surface area contributed by atoms with Crippen molar-refractivity contribution in [1.82, 2.24) is 9.88 Å². The number of hydrogen-bond donors (Lipinski definition) is 3. The molecule has 0 atom stereocenters. The second-order valence-corrected chi connectivity index (χ2v) is 2.71. The van der Waals surface area contributed by atoms with Crippen LogP contribution in [0.4, 0.5) is 0 Å². The van der Waals surface area contributed by atoms with Gasteiger partial charge in [-0.05, 0) is 0 Å². The fourth-order valence-electron chi connectivity index (χ4n) is 1.01. The first-order valence-corrected chi connectivity index (χ1v) is 3.83. The van der Waals surface area contributed by atoms with E-state index in [1.165, 1.54) is 14.1 Å². The van der Waals surface area contributed by atoms with Crippen molar-refractivity contribution >= 4 is 5.91 Å². The van der Waals surface area contributed by atoms with Crippen molar-refractivity contribution in [2.24, 2.45) is 7.05 Å². The van der Waals surface area contributed by atoms with E-state index >= 15 is 0 Å². The normalized spacial score (nSPS) is 9.86. The van der Waals surface area contributed by atoms with Crippen molar-refractivity contribution in [1.29, 1.82) is 0 Å². The molecule has 0 aliphatic rings. The fourth-order valence-corrected chi connectivity index (χ4v) is 1.01. The fraction of sp³-hybridized carbons (Fsp3) is 0.250. The molecular formula is C8H10N2O4. The summed E-state index contributed by atoms with van der Waals surface area (Å²) in [5.41, 5.74) is -1.13. The van der Waals surface area contributed by atoms with Gasteiger partial charge in [0.15, 0.2) is 5.88 Å². The number of nitrogens with zero attached hydrogens (tertiary/aromatic N) is 1. The number of rotatable bonds is 1. The van der Waals surface area contributed by atoms with E-state index in [0.29, 0.717) is 0 Å². The van der Waals surface area contributed by atoms with Gasteiger partial charge < -0.3 is 15.5 Å². The summed E-state index contributed by atoms with van der Waals surface area (Å²) in [5, 5.41) is 20.6. The van der Waals surface area contributed by atoms with Gasteiger partial charge in [0.05, 0.1) is 0 Å². The molecule has 0 saturated heterocycles. The van der Waals surface area contributed by atoms with Gasteiger partial charge in [0, 0.05) is 20.2 Å². The standard InChI is InChI=1S/C8H10N2O4/c1-9-7(13)6-4(11)3-5(12)10(2)8(6)14/h3,11-12H,1-2H3,(H,9,13). The Morgan fingerprint density at radius 2 is 2.07 bits per heavy atom. The number of carbonyl (C=O) groups excluding carboxylic acids is 1. The van der Waals surface area contributed by atoms with E-state index in [2.05, 4.69) is 5.32 Å². The predicted molar refractivity (Wildman–Crippen MR) is 48.4 cm³/mol. The lowest BCUT2D eigenvalue weighted by molar-refractivity contribution is 0.0958. The Labute approximate surface area is 79.4 Å². The minimum absolute atomic E-state index is 0.382. The Kier molecular flexibility index (Phi) is 2.46. The number of nitrogens with one attached hydrogen (secondary N) is 1. The van der Waals surface area contributed by atoms with Gasteiger partial charge in [0.2, 0.25) is 0 Å². The second-order valence-electron chi connectivity index (χ2n) is 2.71. The highest BCUT2D eigenvalue weighted by Gasteiger charge is 2.17. The van der Waals surface area contributed by atoms with Crippen LogP contribution in [-0.2, 0) is 7.05 Å². The molecule has 76 valence electrons. The van der Waals surface area contributed by atoms with E-state index in [1.807, 2.05) is 0 Å². The van der Waals surface area contributed by atoms with Crippen LogP contribution >= 0.6 is 0 Å². The zero-order valence-corrected chi connectivity index (χ0v) is 7.74. The highest BCUT2D eigenvalue weighted by atomic mass is 16.3. The van der Waals surface area contributed by atoms with Crippen LogP contribution in [0.25, 0.3) is 0 Å². The van der Waals surface area contributed by atoms with Crippen LogP contribution < -0.4 is 10.9 Å². The number of amides is 1. The molecule has 1 amide bonds. The average molecular weight is 198 g/mol. The summed E-state index contributed by atoms with van der Waals surface area (Å²) in [4.78, 5) is 22.5. The van der Waals surface area contributed by atoms with Crippen molar-refractivity contribution in [3.05, 3.63) is 22.0 Å². The predicted octanol–water partition coefficient (Wildman–Crippen LogP) is -0.844. The highest BCUT2D eigenvalue weighted by Crippen LogP contribution is 2.17. The molecule has 0 aliphatic carbocycles. The van der Waals surface area contributed by atoms with Gasteiger partial charge in [-0.3, -0.25) is 14.2 Å². The largest absolute Gasteiger partial charge is 0.507 e. The first-order chi connectivity index (χ1) is 6.49. The molecule has 1 rings (SSSR count). The zero-order chi connectivity index (χ0) is 10.9.